The molecular formula is C13H21N. The molecule has 0 fully saturated rings. The van der Waals surface area contributed by atoms with E-state index in [0.717, 1.165) is 11.1 Å². The Kier molecular flexibility index (Phi) is 4.42. The van der Waals surface area contributed by atoms with Gasteiger partial charge in [-0.1, -0.05) is 46.1 Å². The molecule has 0 spiro atoms. The third-order valence-electron chi connectivity index (χ3n) is 1.94. The van der Waals surface area contributed by atoms with Gasteiger partial charge < -0.3 is 5.73 Å². The first kappa shape index (κ1) is 12.8. The van der Waals surface area contributed by atoms with Crippen molar-refractivity contribution in [3.8, 4) is 0 Å². The zero-order chi connectivity index (χ0) is 11.4. The molecule has 0 aliphatic heterocycles. The molecule has 0 aromatic heterocycles. The number of hydrogen-bond acceptors (Lipinski definition) is 1. The van der Waals surface area contributed by atoms with E-state index in [2.05, 4.69) is 33.9 Å². The molecule has 0 amide bonds. The molecule has 78 valence electrons. The number of nitrogens with two attached hydrogens (primary N) is 1. The molecule has 0 aliphatic carbocycles. The highest BCUT2D eigenvalue weighted by molar-refractivity contribution is 5.44. The fourth-order valence-corrected chi connectivity index (χ4v) is 1.05. The van der Waals surface area contributed by atoms with Gasteiger partial charge in [-0.15, -0.1) is 0 Å². The van der Waals surface area contributed by atoms with Crippen LogP contribution >= 0.6 is 0 Å². The van der Waals surface area contributed by atoms with Gasteiger partial charge in [-0.25, -0.2) is 0 Å². The fraction of sp³-hybridized carbons (Fsp3) is 0.385. The van der Waals surface area contributed by atoms with Crippen LogP contribution in [0.25, 0.3) is 0 Å². The van der Waals surface area contributed by atoms with Crippen molar-refractivity contribution in [2.24, 2.45) is 11.1 Å². The minimum absolute atomic E-state index is 0.0563. The molecule has 14 heavy (non-hydrogen) atoms. The summed E-state index contributed by atoms with van der Waals surface area (Å²) in [5, 5.41) is 0. The van der Waals surface area contributed by atoms with Crippen molar-refractivity contribution < 1.29 is 0 Å². The Morgan fingerprint density at radius 2 is 1.71 bits per heavy atom. The SMILES string of the molecule is C=C(N)/C=C(\C=C/C)C(=C)C(C)(C)C. The van der Waals surface area contributed by atoms with Crippen molar-refractivity contribution in [1.82, 2.24) is 0 Å². The van der Waals surface area contributed by atoms with Gasteiger partial charge in [0.1, 0.15) is 0 Å². The molecule has 0 atom stereocenters. The van der Waals surface area contributed by atoms with Crippen LogP contribution in [-0.2, 0) is 0 Å². The van der Waals surface area contributed by atoms with E-state index in [9.17, 15) is 0 Å². The van der Waals surface area contributed by atoms with Crippen molar-refractivity contribution in [3.63, 3.8) is 0 Å². The third kappa shape index (κ3) is 4.13. The highest BCUT2D eigenvalue weighted by atomic mass is 14.5. The lowest BCUT2D eigenvalue weighted by Crippen LogP contribution is -2.10. The number of rotatable bonds is 3. The molecule has 0 saturated heterocycles. The standard InChI is InChI=1S/C13H21N/c1-7-8-12(9-10(2)14)11(3)13(4,5)6/h7-9H,2-3,14H2,1,4-6H3/b8-7-,12-9+. The molecule has 1 nitrogen and oxygen atoms in total. The lowest BCUT2D eigenvalue weighted by molar-refractivity contribution is 0.514. The van der Waals surface area contributed by atoms with Crippen LogP contribution in [0.3, 0.4) is 0 Å². The van der Waals surface area contributed by atoms with Crippen LogP contribution in [0.1, 0.15) is 27.7 Å². The molecule has 0 heterocycles. The van der Waals surface area contributed by atoms with Crippen LogP contribution in [-0.4, -0.2) is 0 Å². The first-order valence-electron chi connectivity index (χ1n) is 4.77. The van der Waals surface area contributed by atoms with Crippen LogP contribution in [0.5, 0.6) is 0 Å². The number of allylic oxidation sites excluding steroid dienone is 5. The van der Waals surface area contributed by atoms with Gasteiger partial charge in [0.25, 0.3) is 0 Å². The van der Waals surface area contributed by atoms with Gasteiger partial charge in [0.15, 0.2) is 0 Å². The Morgan fingerprint density at radius 1 is 1.21 bits per heavy atom. The largest absolute Gasteiger partial charge is 0.399 e. The molecule has 1 heteroatoms. The lowest BCUT2D eigenvalue weighted by atomic mass is 9.82. The maximum Gasteiger partial charge on any atom is 0.0247 e. The fourth-order valence-electron chi connectivity index (χ4n) is 1.05. The predicted molar refractivity (Wildman–Crippen MR) is 64.8 cm³/mol. The highest BCUT2D eigenvalue weighted by Crippen LogP contribution is 2.30. The second-order valence-electron chi connectivity index (χ2n) is 4.40. The van der Waals surface area contributed by atoms with E-state index in [-0.39, 0.29) is 5.41 Å². The van der Waals surface area contributed by atoms with Crippen molar-refractivity contribution in [3.05, 3.63) is 48.2 Å². The average molecular weight is 191 g/mol. The Hall–Kier alpha value is -1.24. The molecule has 0 rings (SSSR count). The molecule has 0 radical (unpaired) electrons. The Morgan fingerprint density at radius 3 is 2.00 bits per heavy atom. The summed E-state index contributed by atoms with van der Waals surface area (Å²) < 4.78 is 0. The summed E-state index contributed by atoms with van der Waals surface area (Å²) in [6.07, 6.45) is 5.84. The van der Waals surface area contributed by atoms with Gasteiger partial charge in [-0.2, -0.15) is 0 Å². The van der Waals surface area contributed by atoms with Crippen molar-refractivity contribution in [1.29, 1.82) is 0 Å². The van der Waals surface area contributed by atoms with Gasteiger partial charge in [0.2, 0.25) is 0 Å². The Labute approximate surface area is 87.7 Å². The second-order valence-corrected chi connectivity index (χ2v) is 4.40. The highest BCUT2D eigenvalue weighted by Gasteiger charge is 2.16. The molecule has 0 aromatic carbocycles. The second kappa shape index (κ2) is 4.85. The van der Waals surface area contributed by atoms with E-state index in [1.165, 1.54) is 0 Å². The van der Waals surface area contributed by atoms with Crippen LogP contribution < -0.4 is 5.73 Å². The van der Waals surface area contributed by atoms with Gasteiger partial charge >= 0.3 is 0 Å². The minimum Gasteiger partial charge on any atom is -0.399 e. The number of hydrogen-bond donors (Lipinski definition) is 1. The lowest BCUT2D eigenvalue weighted by Gasteiger charge is -2.22. The van der Waals surface area contributed by atoms with Crippen LogP contribution in [0, 0.1) is 5.41 Å². The molecule has 0 aliphatic rings. The molecule has 0 aromatic rings. The Bertz CT molecular complexity index is 285. The van der Waals surface area contributed by atoms with E-state index in [4.69, 9.17) is 5.73 Å². The van der Waals surface area contributed by atoms with E-state index >= 15 is 0 Å². The van der Waals surface area contributed by atoms with Crippen LogP contribution in [0.2, 0.25) is 0 Å². The van der Waals surface area contributed by atoms with E-state index in [0.29, 0.717) is 5.70 Å². The average Bonchev–Trinajstić information content (AvgIpc) is 2.00. The third-order valence-corrected chi connectivity index (χ3v) is 1.94. The summed E-state index contributed by atoms with van der Waals surface area (Å²) >= 11 is 0. The smallest absolute Gasteiger partial charge is 0.0247 e. The molecule has 0 saturated carbocycles. The monoisotopic (exact) mass is 191 g/mol. The summed E-state index contributed by atoms with van der Waals surface area (Å²) in [5.41, 5.74) is 8.29. The maximum absolute atomic E-state index is 5.56. The van der Waals surface area contributed by atoms with Crippen LogP contribution in [0.15, 0.2) is 48.2 Å². The molecule has 0 bridgehead atoms. The summed E-state index contributed by atoms with van der Waals surface area (Å²) in [7, 11) is 0. The topological polar surface area (TPSA) is 26.0 Å². The van der Waals surface area contributed by atoms with E-state index in [1.54, 1.807) is 0 Å². The molecule has 2 N–H and O–H groups in total. The van der Waals surface area contributed by atoms with Gasteiger partial charge in [-0.3, -0.25) is 0 Å². The van der Waals surface area contributed by atoms with Gasteiger partial charge in [0.05, 0.1) is 0 Å². The zero-order valence-corrected chi connectivity index (χ0v) is 9.72. The molecule has 0 unspecified atom stereocenters. The summed E-state index contributed by atoms with van der Waals surface area (Å²) in [4.78, 5) is 0. The van der Waals surface area contributed by atoms with Crippen molar-refractivity contribution in [2.75, 3.05) is 0 Å². The predicted octanol–water partition coefficient (Wildman–Crippen LogP) is 3.56. The van der Waals surface area contributed by atoms with Crippen molar-refractivity contribution in [2.45, 2.75) is 27.7 Å². The van der Waals surface area contributed by atoms with E-state index < -0.39 is 0 Å². The van der Waals surface area contributed by atoms with Gasteiger partial charge in [0, 0.05) is 5.70 Å². The zero-order valence-electron chi connectivity index (χ0n) is 9.72. The quantitative estimate of drug-likeness (QED) is 0.678. The Balaban J connectivity index is 5.05. The first-order valence-corrected chi connectivity index (χ1v) is 4.77. The summed E-state index contributed by atoms with van der Waals surface area (Å²) in [5.74, 6) is 0. The van der Waals surface area contributed by atoms with E-state index in [1.807, 2.05) is 25.2 Å². The molecular weight excluding hydrogens is 170 g/mol. The summed E-state index contributed by atoms with van der Waals surface area (Å²) in [6, 6.07) is 0. The normalized spacial score (nSPS) is 13.3. The summed E-state index contributed by atoms with van der Waals surface area (Å²) in [6.45, 7) is 16.1. The van der Waals surface area contributed by atoms with Crippen LogP contribution in [0.4, 0.5) is 0 Å². The maximum atomic E-state index is 5.56. The van der Waals surface area contributed by atoms with Crippen molar-refractivity contribution >= 4 is 0 Å². The first-order chi connectivity index (χ1) is 6.29. The minimum atomic E-state index is 0.0563. The van der Waals surface area contributed by atoms with Gasteiger partial charge in [-0.05, 0) is 29.6 Å².